The van der Waals surface area contributed by atoms with Crippen molar-refractivity contribution in [2.75, 3.05) is 0 Å². The Hall–Kier alpha value is -3.63. The molecule has 0 aliphatic carbocycles. The van der Waals surface area contributed by atoms with Gasteiger partial charge in [0.05, 0.1) is 0 Å². The molecule has 0 aliphatic heterocycles. The Labute approximate surface area is 230 Å². The van der Waals surface area contributed by atoms with E-state index in [1.54, 1.807) is 34.6 Å². The first-order valence-corrected chi connectivity index (χ1v) is 13.2. The van der Waals surface area contributed by atoms with Crippen molar-refractivity contribution in [3.05, 3.63) is 35.9 Å². The fourth-order valence-corrected chi connectivity index (χ4v) is 3.56. The van der Waals surface area contributed by atoms with E-state index < -0.39 is 53.5 Å². The normalized spacial score (nSPS) is 13.7. The molecule has 1 rings (SSSR count). The molecule has 0 spiro atoms. The van der Waals surface area contributed by atoms with Gasteiger partial charge in [-0.2, -0.15) is 0 Å². The van der Waals surface area contributed by atoms with E-state index in [4.69, 9.17) is 15.2 Å². The van der Waals surface area contributed by atoms with Gasteiger partial charge in [-0.25, -0.2) is 4.79 Å². The van der Waals surface area contributed by atoms with Gasteiger partial charge in [0.25, 0.3) is 0 Å². The van der Waals surface area contributed by atoms with Crippen LogP contribution < -0.4 is 21.7 Å². The molecule has 39 heavy (non-hydrogen) atoms. The lowest BCUT2D eigenvalue weighted by atomic mass is 9.99. The van der Waals surface area contributed by atoms with E-state index in [-0.39, 0.29) is 37.7 Å². The Morgan fingerprint density at radius 1 is 0.872 bits per heavy atom. The lowest BCUT2D eigenvalue weighted by Gasteiger charge is -2.28. The number of hydrogen-bond acceptors (Lipinski definition) is 7. The summed E-state index contributed by atoms with van der Waals surface area (Å²) in [5, 5.41) is 7.78. The molecule has 1 aromatic carbocycles. The van der Waals surface area contributed by atoms with Crippen molar-refractivity contribution in [1.29, 1.82) is 0 Å². The summed E-state index contributed by atoms with van der Waals surface area (Å²) < 4.78 is 10.5. The van der Waals surface area contributed by atoms with Gasteiger partial charge >= 0.3 is 12.1 Å². The van der Waals surface area contributed by atoms with Crippen molar-refractivity contribution in [3.63, 3.8) is 0 Å². The highest BCUT2D eigenvalue weighted by atomic mass is 16.6. The number of alkyl carbamates (subject to hydrolysis) is 1. The van der Waals surface area contributed by atoms with Crippen LogP contribution in [0.5, 0.6) is 0 Å². The smallest absolute Gasteiger partial charge is 0.408 e. The lowest BCUT2D eigenvalue weighted by Crippen LogP contribution is -2.58. The van der Waals surface area contributed by atoms with Gasteiger partial charge in [0, 0.05) is 6.42 Å². The quantitative estimate of drug-likeness (QED) is 0.259. The molecule has 0 fully saturated rings. The average molecular weight is 549 g/mol. The molecule has 4 amide bonds. The topological polar surface area (TPSA) is 166 Å². The second kappa shape index (κ2) is 15.7. The van der Waals surface area contributed by atoms with Crippen LogP contribution in [-0.2, 0) is 35.3 Å². The first-order chi connectivity index (χ1) is 18.1. The van der Waals surface area contributed by atoms with E-state index in [2.05, 4.69) is 16.0 Å². The Kier molecular flexibility index (Phi) is 13.4. The highest BCUT2D eigenvalue weighted by molar-refractivity contribution is 5.93. The third-order valence-electron chi connectivity index (χ3n) is 5.50. The van der Waals surface area contributed by atoms with Gasteiger partial charge < -0.3 is 31.2 Å². The Bertz CT molecular complexity index is 974. The molecule has 0 saturated carbocycles. The van der Waals surface area contributed by atoms with E-state index in [9.17, 15) is 24.0 Å². The van der Waals surface area contributed by atoms with Crippen LogP contribution in [0, 0.1) is 11.8 Å². The summed E-state index contributed by atoms with van der Waals surface area (Å²) in [6, 6.07) is 6.01. The molecule has 1 aromatic rings. The molecule has 0 radical (unpaired) electrons. The summed E-state index contributed by atoms with van der Waals surface area (Å²) in [7, 11) is 0. The SMILES string of the molecule is CC(C)C[C@H](NC(=O)[C@@H](NC(=O)OC(C)(C)C)C(C)C)C(=O)N[C@@H](CCC(=O)OCc1ccccc1)C(N)=O. The molecule has 0 saturated heterocycles. The first-order valence-electron chi connectivity index (χ1n) is 13.2. The van der Waals surface area contributed by atoms with Crippen LogP contribution in [-0.4, -0.2) is 53.5 Å². The van der Waals surface area contributed by atoms with Crippen LogP contribution in [0.25, 0.3) is 0 Å². The summed E-state index contributed by atoms with van der Waals surface area (Å²) in [6.07, 6.45) is -0.697. The molecule has 11 heteroatoms. The molecule has 3 atom stereocenters. The maximum Gasteiger partial charge on any atom is 0.408 e. The minimum atomic E-state index is -1.14. The predicted molar refractivity (Wildman–Crippen MR) is 146 cm³/mol. The highest BCUT2D eigenvalue weighted by Gasteiger charge is 2.32. The minimum Gasteiger partial charge on any atom is -0.461 e. The number of hydrogen-bond donors (Lipinski definition) is 4. The van der Waals surface area contributed by atoms with E-state index in [0.717, 1.165) is 5.56 Å². The zero-order valence-electron chi connectivity index (χ0n) is 24.0. The van der Waals surface area contributed by atoms with E-state index in [0.29, 0.717) is 0 Å². The van der Waals surface area contributed by atoms with Crippen molar-refractivity contribution in [1.82, 2.24) is 16.0 Å². The molecular weight excluding hydrogens is 504 g/mol. The lowest BCUT2D eigenvalue weighted by molar-refractivity contribution is -0.145. The van der Waals surface area contributed by atoms with Crippen LogP contribution in [0.4, 0.5) is 4.79 Å². The molecule has 0 heterocycles. The monoisotopic (exact) mass is 548 g/mol. The van der Waals surface area contributed by atoms with Crippen LogP contribution in [0.2, 0.25) is 0 Å². The first kappa shape index (κ1) is 33.4. The van der Waals surface area contributed by atoms with Crippen molar-refractivity contribution in [3.8, 4) is 0 Å². The Morgan fingerprint density at radius 2 is 1.46 bits per heavy atom. The van der Waals surface area contributed by atoms with Crippen LogP contribution in [0.1, 0.15) is 73.3 Å². The molecule has 0 aromatic heterocycles. The number of rotatable bonds is 14. The number of benzene rings is 1. The minimum absolute atomic E-state index is 0.0114. The maximum atomic E-state index is 13.1. The fraction of sp³-hybridized carbons (Fsp3) is 0.607. The third kappa shape index (κ3) is 13.6. The molecule has 0 bridgehead atoms. The molecule has 0 unspecified atom stereocenters. The number of carbonyl (C=O) groups excluding carboxylic acids is 5. The zero-order valence-corrected chi connectivity index (χ0v) is 24.0. The van der Waals surface area contributed by atoms with Gasteiger partial charge in [-0.15, -0.1) is 0 Å². The van der Waals surface area contributed by atoms with E-state index >= 15 is 0 Å². The number of carbonyl (C=O) groups is 5. The van der Waals surface area contributed by atoms with Crippen molar-refractivity contribution < 1.29 is 33.4 Å². The van der Waals surface area contributed by atoms with Crippen LogP contribution >= 0.6 is 0 Å². The maximum absolute atomic E-state index is 13.1. The third-order valence-corrected chi connectivity index (χ3v) is 5.50. The molecule has 5 N–H and O–H groups in total. The molecule has 11 nitrogen and oxygen atoms in total. The van der Waals surface area contributed by atoms with Crippen LogP contribution in [0.3, 0.4) is 0 Å². The second-order valence-electron chi connectivity index (χ2n) is 11.2. The summed E-state index contributed by atoms with van der Waals surface area (Å²) in [5.41, 5.74) is 5.55. The van der Waals surface area contributed by atoms with Gasteiger partial charge in [0.2, 0.25) is 17.7 Å². The highest BCUT2D eigenvalue weighted by Crippen LogP contribution is 2.12. The number of amides is 4. The van der Waals surface area contributed by atoms with Gasteiger partial charge in [-0.3, -0.25) is 19.2 Å². The number of nitrogens with two attached hydrogens (primary N) is 1. The zero-order chi connectivity index (χ0) is 29.8. The summed E-state index contributed by atoms with van der Waals surface area (Å²) in [4.78, 5) is 62.7. The van der Waals surface area contributed by atoms with Gasteiger partial charge in [0.1, 0.15) is 30.3 Å². The van der Waals surface area contributed by atoms with Gasteiger partial charge in [0.15, 0.2) is 0 Å². The largest absolute Gasteiger partial charge is 0.461 e. The van der Waals surface area contributed by atoms with Crippen molar-refractivity contribution >= 4 is 29.8 Å². The predicted octanol–water partition coefficient (Wildman–Crippen LogP) is 2.56. The summed E-state index contributed by atoms with van der Waals surface area (Å²) >= 11 is 0. The second-order valence-corrected chi connectivity index (χ2v) is 11.2. The van der Waals surface area contributed by atoms with Gasteiger partial charge in [-0.1, -0.05) is 58.0 Å². The Morgan fingerprint density at radius 3 is 1.97 bits per heavy atom. The van der Waals surface area contributed by atoms with Crippen LogP contribution in [0.15, 0.2) is 30.3 Å². The number of ether oxygens (including phenoxy) is 2. The molecular formula is C28H44N4O7. The Balaban J connectivity index is 2.82. The number of primary amides is 1. The van der Waals surface area contributed by atoms with E-state index in [1.165, 1.54) is 0 Å². The van der Waals surface area contributed by atoms with Gasteiger partial charge in [-0.05, 0) is 51.0 Å². The molecule has 0 aliphatic rings. The standard InChI is InChI=1S/C28H44N4O7/c1-17(2)15-21(31-26(36)23(18(3)4)32-27(37)39-28(5,6)7)25(35)30-20(24(29)34)13-14-22(33)38-16-19-11-9-8-10-12-19/h8-12,17-18,20-21,23H,13-16H2,1-7H3,(H2,29,34)(H,30,35)(H,31,36)(H,32,37)/t20-,21-,23-/m0/s1. The number of nitrogens with one attached hydrogen (secondary N) is 3. The fourth-order valence-electron chi connectivity index (χ4n) is 3.56. The summed E-state index contributed by atoms with van der Waals surface area (Å²) in [5.74, 6) is -2.85. The van der Waals surface area contributed by atoms with Crippen molar-refractivity contribution in [2.45, 2.75) is 98.1 Å². The summed E-state index contributed by atoms with van der Waals surface area (Å²) in [6.45, 7) is 12.5. The number of esters is 1. The average Bonchev–Trinajstić information content (AvgIpc) is 2.82. The molecule has 218 valence electrons. The van der Waals surface area contributed by atoms with E-state index in [1.807, 2.05) is 44.2 Å². The van der Waals surface area contributed by atoms with Crippen molar-refractivity contribution in [2.24, 2.45) is 17.6 Å².